The van der Waals surface area contributed by atoms with Crippen molar-refractivity contribution < 1.29 is 14.1 Å². The van der Waals surface area contributed by atoms with Gasteiger partial charge in [-0.05, 0) is 24.6 Å². The topological polar surface area (TPSA) is 80.5 Å². The lowest BCUT2D eigenvalue weighted by Gasteiger charge is -2.14. The lowest BCUT2D eigenvalue weighted by molar-refractivity contribution is 0.211. The molecule has 1 aromatic carbocycles. The first-order valence-corrected chi connectivity index (χ1v) is 7.02. The van der Waals surface area contributed by atoms with E-state index in [-0.39, 0.29) is 12.6 Å². The van der Waals surface area contributed by atoms with Crippen LogP contribution in [0, 0.1) is 6.92 Å². The van der Waals surface area contributed by atoms with Crippen molar-refractivity contribution in [2.45, 2.75) is 20.0 Å². The van der Waals surface area contributed by atoms with Crippen LogP contribution in [0.15, 0.2) is 28.8 Å². The van der Waals surface area contributed by atoms with Crippen molar-refractivity contribution in [1.82, 2.24) is 20.4 Å². The van der Waals surface area contributed by atoms with Crippen LogP contribution >= 0.6 is 0 Å². The monoisotopic (exact) mass is 304 g/mol. The van der Waals surface area contributed by atoms with Crippen LogP contribution in [-0.2, 0) is 13.0 Å². The third kappa shape index (κ3) is 4.47. The fourth-order valence-corrected chi connectivity index (χ4v) is 1.86. The zero-order valence-corrected chi connectivity index (χ0v) is 13.0. The molecule has 0 bridgehead atoms. The van der Waals surface area contributed by atoms with E-state index in [2.05, 4.69) is 15.5 Å². The molecule has 118 valence electrons. The molecule has 0 atom stereocenters. The molecule has 0 aliphatic heterocycles. The maximum Gasteiger partial charge on any atom is 0.316 e. The highest BCUT2D eigenvalue weighted by atomic mass is 16.5. The van der Waals surface area contributed by atoms with Crippen LogP contribution in [0.3, 0.4) is 0 Å². The van der Waals surface area contributed by atoms with Crippen LogP contribution in [0.5, 0.6) is 5.75 Å². The number of carbonyl (C=O) groups is 1. The average Bonchev–Trinajstić information content (AvgIpc) is 2.98. The quantitative estimate of drug-likeness (QED) is 0.879. The van der Waals surface area contributed by atoms with Gasteiger partial charge in [0.1, 0.15) is 5.75 Å². The van der Waals surface area contributed by atoms with Crippen molar-refractivity contribution in [3.05, 3.63) is 41.5 Å². The third-order valence-electron chi connectivity index (χ3n) is 3.09. The molecular formula is C15H20N4O3. The fraction of sp³-hybridized carbons (Fsp3) is 0.400. The summed E-state index contributed by atoms with van der Waals surface area (Å²) >= 11 is 0. The van der Waals surface area contributed by atoms with Gasteiger partial charge in [0.25, 0.3) is 5.89 Å². The maximum atomic E-state index is 11.4. The number of likely N-dealkylation sites (N-methyl/N-ethyl adjacent to an activating group) is 1. The van der Waals surface area contributed by atoms with Crippen LogP contribution in [0.25, 0.3) is 0 Å². The van der Waals surface area contributed by atoms with Gasteiger partial charge in [0.05, 0.1) is 0 Å². The molecule has 0 saturated heterocycles. The normalized spacial score (nSPS) is 10.3. The highest BCUT2D eigenvalue weighted by Gasteiger charge is 2.10. The van der Waals surface area contributed by atoms with E-state index >= 15 is 0 Å². The summed E-state index contributed by atoms with van der Waals surface area (Å²) in [7, 11) is 3.30. The molecule has 0 aliphatic rings. The lowest BCUT2D eigenvalue weighted by atomic mass is 10.2. The Hall–Kier alpha value is -2.57. The first kappa shape index (κ1) is 15.8. The first-order valence-electron chi connectivity index (χ1n) is 7.02. The smallest absolute Gasteiger partial charge is 0.316 e. The predicted molar refractivity (Wildman–Crippen MR) is 80.6 cm³/mol. The predicted octanol–water partition coefficient (Wildman–Crippen LogP) is 1.77. The molecule has 0 unspecified atom stereocenters. The van der Waals surface area contributed by atoms with Gasteiger partial charge in [-0.15, -0.1) is 0 Å². The number of hydrogen-bond donors (Lipinski definition) is 1. The standard InChI is InChI=1S/C15H20N4O3/c1-11-5-4-6-12(9-11)21-10-14-17-13(18-22-14)7-8-19(3)15(20)16-2/h4-6,9H,7-8,10H2,1-3H3,(H,16,20). The number of rotatable bonds is 6. The van der Waals surface area contributed by atoms with E-state index in [4.69, 9.17) is 9.26 Å². The number of aryl methyl sites for hydroxylation is 1. The number of benzene rings is 1. The third-order valence-corrected chi connectivity index (χ3v) is 3.09. The Morgan fingerprint density at radius 1 is 1.45 bits per heavy atom. The Bertz CT molecular complexity index is 627. The number of aromatic nitrogens is 2. The minimum absolute atomic E-state index is 0.147. The Labute approximate surface area is 129 Å². The molecule has 1 heterocycles. The summed E-state index contributed by atoms with van der Waals surface area (Å²) in [4.78, 5) is 17.2. The summed E-state index contributed by atoms with van der Waals surface area (Å²) in [6.45, 7) is 2.74. The average molecular weight is 304 g/mol. The molecule has 0 spiro atoms. The van der Waals surface area contributed by atoms with Crippen LogP contribution in [0.4, 0.5) is 4.79 Å². The van der Waals surface area contributed by atoms with Crippen molar-refractivity contribution in [3.63, 3.8) is 0 Å². The van der Waals surface area contributed by atoms with E-state index in [1.54, 1.807) is 19.0 Å². The second-order valence-electron chi connectivity index (χ2n) is 4.94. The van der Waals surface area contributed by atoms with Crippen LogP contribution in [-0.4, -0.2) is 41.7 Å². The van der Waals surface area contributed by atoms with Gasteiger partial charge in [0, 0.05) is 27.1 Å². The van der Waals surface area contributed by atoms with Gasteiger partial charge in [-0.3, -0.25) is 0 Å². The van der Waals surface area contributed by atoms with Crippen LogP contribution in [0.2, 0.25) is 0 Å². The summed E-state index contributed by atoms with van der Waals surface area (Å²) < 4.78 is 10.7. The Morgan fingerprint density at radius 3 is 3.00 bits per heavy atom. The van der Waals surface area contributed by atoms with Crippen LogP contribution in [0.1, 0.15) is 17.3 Å². The number of nitrogens with one attached hydrogen (secondary N) is 1. The Morgan fingerprint density at radius 2 is 2.27 bits per heavy atom. The number of amides is 2. The van der Waals surface area contributed by atoms with E-state index < -0.39 is 0 Å². The van der Waals surface area contributed by atoms with Gasteiger partial charge in [0.15, 0.2) is 12.4 Å². The van der Waals surface area contributed by atoms with E-state index in [0.29, 0.717) is 24.7 Å². The van der Waals surface area contributed by atoms with Gasteiger partial charge >= 0.3 is 6.03 Å². The number of urea groups is 1. The molecule has 7 heteroatoms. The zero-order valence-electron chi connectivity index (χ0n) is 13.0. The molecule has 1 aromatic heterocycles. The van der Waals surface area contributed by atoms with Gasteiger partial charge < -0.3 is 19.5 Å². The van der Waals surface area contributed by atoms with Crippen molar-refractivity contribution in [1.29, 1.82) is 0 Å². The highest BCUT2D eigenvalue weighted by molar-refractivity contribution is 5.73. The van der Waals surface area contributed by atoms with E-state index in [9.17, 15) is 4.79 Å². The second kappa shape index (κ2) is 7.44. The molecule has 1 N–H and O–H groups in total. The molecule has 2 aromatic rings. The van der Waals surface area contributed by atoms with Crippen molar-refractivity contribution in [2.75, 3.05) is 20.6 Å². The summed E-state index contributed by atoms with van der Waals surface area (Å²) in [5, 5.41) is 6.43. The summed E-state index contributed by atoms with van der Waals surface area (Å²) in [5.41, 5.74) is 1.13. The molecule has 7 nitrogen and oxygen atoms in total. The largest absolute Gasteiger partial charge is 0.484 e. The van der Waals surface area contributed by atoms with E-state index in [0.717, 1.165) is 11.3 Å². The number of hydrogen-bond acceptors (Lipinski definition) is 5. The molecule has 2 amide bonds. The minimum Gasteiger partial charge on any atom is -0.484 e. The molecule has 2 rings (SSSR count). The summed E-state index contributed by atoms with van der Waals surface area (Å²) in [6, 6.07) is 7.60. The number of nitrogens with zero attached hydrogens (tertiary/aromatic N) is 3. The van der Waals surface area contributed by atoms with Crippen molar-refractivity contribution >= 4 is 6.03 Å². The van der Waals surface area contributed by atoms with E-state index in [1.165, 1.54) is 0 Å². The van der Waals surface area contributed by atoms with E-state index in [1.807, 2.05) is 31.2 Å². The second-order valence-corrected chi connectivity index (χ2v) is 4.94. The van der Waals surface area contributed by atoms with Gasteiger partial charge in [-0.2, -0.15) is 4.98 Å². The molecule has 22 heavy (non-hydrogen) atoms. The number of ether oxygens (including phenoxy) is 1. The first-order chi connectivity index (χ1) is 10.6. The Balaban J connectivity index is 1.82. The molecule has 0 fully saturated rings. The minimum atomic E-state index is -0.147. The lowest BCUT2D eigenvalue weighted by Crippen LogP contribution is -2.36. The van der Waals surface area contributed by atoms with Gasteiger partial charge in [-0.25, -0.2) is 4.79 Å². The summed E-state index contributed by atoms with van der Waals surface area (Å²) in [5.74, 6) is 1.73. The summed E-state index contributed by atoms with van der Waals surface area (Å²) in [6.07, 6.45) is 0.526. The number of carbonyl (C=O) groups excluding carboxylic acids is 1. The SMILES string of the molecule is CNC(=O)N(C)CCc1noc(COc2cccc(C)c2)n1. The molecule has 0 radical (unpaired) electrons. The maximum absolute atomic E-state index is 11.4. The fourth-order valence-electron chi connectivity index (χ4n) is 1.86. The zero-order chi connectivity index (χ0) is 15.9. The van der Waals surface area contributed by atoms with Crippen LogP contribution < -0.4 is 10.1 Å². The Kier molecular flexibility index (Phi) is 5.35. The van der Waals surface area contributed by atoms with Gasteiger partial charge in [0.2, 0.25) is 0 Å². The molecule has 0 saturated carbocycles. The van der Waals surface area contributed by atoms with Crippen molar-refractivity contribution in [3.8, 4) is 5.75 Å². The highest BCUT2D eigenvalue weighted by Crippen LogP contribution is 2.14. The molecular weight excluding hydrogens is 284 g/mol. The molecule has 0 aliphatic carbocycles. The van der Waals surface area contributed by atoms with Gasteiger partial charge in [-0.1, -0.05) is 17.3 Å². The van der Waals surface area contributed by atoms with Crippen molar-refractivity contribution in [2.24, 2.45) is 0 Å².